The lowest BCUT2D eigenvalue weighted by molar-refractivity contribution is 0.242. The van der Waals surface area contributed by atoms with Crippen LogP contribution in [0, 0.1) is 11.8 Å². The van der Waals surface area contributed by atoms with Crippen LogP contribution in [-0.2, 0) is 7.05 Å². The van der Waals surface area contributed by atoms with E-state index < -0.39 is 0 Å². The third-order valence-electron chi connectivity index (χ3n) is 4.20. The molecule has 96 valence electrons. The Labute approximate surface area is 105 Å². The number of hydrogen-bond donors (Lipinski definition) is 1. The highest BCUT2D eigenvalue weighted by atomic mass is 15.2. The van der Waals surface area contributed by atoms with Crippen LogP contribution >= 0.6 is 0 Å². The Bertz CT molecular complexity index is 345. The summed E-state index contributed by atoms with van der Waals surface area (Å²) in [6.45, 7) is 5.78. The lowest BCUT2D eigenvalue weighted by Gasteiger charge is -2.30. The van der Waals surface area contributed by atoms with Crippen LogP contribution in [0.1, 0.15) is 51.1 Å². The van der Waals surface area contributed by atoms with Crippen LogP contribution in [0.15, 0.2) is 12.4 Å². The molecule has 3 nitrogen and oxygen atoms in total. The second kappa shape index (κ2) is 5.67. The van der Waals surface area contributed by atoms with Gasteiger partial charge in [0.1, 0.15) is 0 Å². The average Bonchev–Trinajstić information content (AvgIpc) is 2.74. The van der Waals surface area contributed by atoms with Crippen molar-refractivity contribution in [2.75, 3.05) is 6.54 Å². The van der Waals surface area contributed by atoms with Crippen molar-refractivity contribution in [1.82, 2.24) is 15.1 Å². The molecule has 1 saturated carbocycles. The summed E-state index contributed by atoms with van der Waals surface area (Å²) >= 11 is 0. The largest absolute Gasteiger partial charge is 0.310 e. The smallest absolute Gasteiger partial charge is 0.0537 e. The number of aryl methyl sites for hydroxylation is 1. The highest BCUT2D eigenvalue weighted by Gasteiger charge is 2.21. The maximum atomic E-state index is 4.22. The van der Waals surface area contributed by atoms with Crippen LogP contribution in [0.25, 0.3) is 0 Å². The van der Waals surface area contributed by atoms with Crippen LogP contribution < -0.4 is 5.32 Å². The van der Waals surface area contributed by atoms with E-state index in [-0.39, 0.29) is 0 Å². The first-order valence-corrected chi connectivity index (χ1v) is 6.88. The molecule has 0 saturated heterocycles. The highest BCUT2D eigenvalue weighted by molar-refractivity contribution is 5.08. The molecule has 1 aliphatic carbocycles. The molecule has 3 atom stereocenters. The van der Waals surface area contributed by atoms with E-state index in [1.807, 2.05) is 17.9 Å². The second-order valence-electron chi connectivity index (χ2n) is 5.60. The first-order valence-electron chi connectivity index (χ1n) is 6.88. The van der Waals surface area contributed by atoms with Gasteiger partial charge in [0.05, 0.1) is 6.20 Å². The Morgan fingerprint density at radius 1 is 1.47 bits per heavy atom. The molecule has 1 N–H and O–H groups in total. The van der Waals surface area contributed by atoms with Crippen molar-refractivity contribution in [2.24, 2.45) is 18.9 Å². The Morgan fingerprint density at radius 2 is 2.24 bits per heavy atom. The summed E-state index contributed by atoms with van der Waals surface area (Å²) in [7, 11) is 1.97. The second-order valence-corrected chi connectivity index (χ2v) is 5.60. The zero-order valence-corrected chi connectivity index (χ0v) is 11.3. The molecule has 0 aliphatic heterocycles. The first-order chi connectivity index (χ1) is 8.16. The van der Waals surface area contributed by atoms with Gasteiger partial charge in [-0.15, -0.1) is 0 Å². The summed E-state index contributed by atoms with van der Waals surface area (Å²) in [5, 5.41) is 7.88. The van der Waals surface area contributed by atoms with E-state index in [1.165, 1.54) is 31.2 Å². The van der Waals surface area contributed by atoms with Gasteiger partial charge in [-0.1, -0.05) is 26.2 Å². The highest BCUT2D eigenvalue weighted by Crippen LogP contribution is 2.29. The summed E-state index contributed by atoms with van der Waals surface area (Å²) in [6.07, 6.45) is 9.71. The predicted octanol–water partition coefficient (Wildman–Crippen LogP) is 2.90. The third-order valence-corrected chi connectivity index (χ3v) is 4.20. The molecule has 17 heavy (non-hydrogen) atoms. The number of rotatable bonds is 4. The monoisotopic (exact) mass is 235 g/mol. The third kappa shape index (κ3) is 3.32. The van der Waals surface area contributed by atoms with Crippen molar-refractivity contribution in [3.8, 4) is 0 Å². The Balaban J connectivity index is 1.81. The van der Waals surface area contributed by atoms with E-state index in [1.54, 1.807) is 0 Å². The number of aromatic nitrogens is 2. The van der Waals surface area contributed by atoms with E-state index in [9.17, 15) is 0 Å². The number of nitrogens with zero attached hydrogens (tertiary/aromatic N) is 2. The molecule has 0 aromatic carbocycles. The van der Waals surface area contributed by atoms with Crippen LogP contribution in [0.2, 0.25) is 0 Å². The van der Waals surface area contributed by atoms with Gasteiger partial charge in [0.15, 0.2) is 0 Å². The standard InChI is InChI=1S/C14H25N3/c1-11-6-4-5-7-13(11)8-15-12(2)14-9-16-17(3)10-14/h9-13,15H,4-8H2,1-3H3. The fourth-order valence-electron chi connectivity index (χ4n) is 2.81. The maximum Gasteiger partial charge on any atom is 0.0537 e. The molecule has 2 rings (SSSR count). The molecule has 3 heteroatoms. The zero-order valence-electron chi connectivity index (χ0n) is 11.3. The topological polar surface area (TPSA) is 29.9 Å². The summed E-state index contributed by atoms with van der Waals surface area (Å²) in [4.78, 5) is 0. The van der Waals surface area contributed by atoms with E-state index in [0.717, 1.165) is 18.4 Å². The van der Waals surface area contributed by atoms with Gasteiger partial charge in [-0.05, 0) is 31.7 Å². The molecule has 1 aliphatic rings. The molecule has 1 aromatic rings. The SMILES string of the molecule is CC(NCC1CCCCC1C)c1cnn(C)c1. The minimum absolute atomic E-state index is 0.415. The van der Waals surface area contributed by atoms with Gasteiger partial charge in [0.25, 0.3) is 0 Å². The van der Waals surface area contributed by atoms with E-state index in [0.29, 0.717) is 6.04 Å². The summed E-state index contributed by atoms with van der Waals surface area (Å²) in [5.74, 6) is 1.75. The maximum absolute atomic E-state index is 4.22. The fourth-order valence-corrected chi connectivity index (χ4v) is 2.81. The molecule has 3 unspecified atom stereocenters. The van der Waals surface area contributed by atoms with Crippen molar-refractivity contribution in [1.29, 1.82) is 0 Å². The van der Waals surface area contributed by atoms with Crippen molar-refractivity contribution < 1.29 is 0 Å². The quantitative estimate of drug-likeness (QED) is 0.869. The van der Waals surface area contributed by atoms with Gasteiger partial charge in [-0.25, -0.2) is 0 Å². The van der Waals surface area contributed by atoms with E-state index >= 15 is 0 Å². The van der Waals surface area contributed by atoms with Crippen LogP contribution in [0.3, 0.4) is 0 Å². The van der Waals surface area contributed by atoms with Crippen molar-refractivity contribution >= 4 is 0 Å². The Kier molecular flexibility index (Phi) is 4.21. The van der Waals surface area contributed by atoms with Gasteiger partial charge in [-0.3, -0.25) is 4.68 Å². The van der Waals surface area contributed by atoms with Gasteiger partial charge < -0.3 is 5.32 Å². The Hall–Kier alpha value is -0.830. The minimum atomic E-state index is 0.415. The lowest BCUT2D eigenvalue weighted by atomic mass is 9.80. The van der Waals surface area contributed by atoms with Crippen molar-refractivity contribution in [2.45, 2.75) is 45.6 Å². The van der Waals surface area contributed by atoms with E-state index in [4.69, 9.17) is 0 Å². The minimum Gasteiger partial charge on any atom is -0.310 e. The number of hydrogen-bond acceptors (Lipinski definition) is 2. The number of nitrogens with one attached hydrogen (secondary N) is 1. The van der Waals surface area contributed by atoms with Crippen LogP contribution in [0.5, 0.6) is 0 Å². The Morgan fingerprint density at radius 3 is 2.88 bits per heavy atom. The predicted molar refractivity (Wildman–Crippen MR) is 70.7 cm³/mol. The molecular weight excluding hydrogens is 210 g/mol. The van der Waals surface area contributed by atoms with Crippen LogP contribution in [-0.4, -0.2) is 16.3 Å². The zero-order chi connectivity index (χ0) is 12.3. The summed E-state index contributed by atoms with van der Waals surface area (Å²) < 4.78 is 1.87. The molecule has 0 bridgehead atoms. The lowest BCUT2D eigenvalue weighted by Crippen LogP contribution is -2.30. The van der Waals surface area contributed by atoms with E-state index in [2.05, 4.69) is 30.5 Å². The van der Waals surface area contributed by atoms with Crippen LogP contribution in [0.4, 0.5) is 0 Å². The average molecular weight is 235 g/mol. The first kappa shape index (κ1) is 12.6. The molecule has 0 amide bonds. The summed E-state index contributed by atoms with van der Waals surface area (Å²) in [6, 6.07) is 0.415. The molecule has 1 fully saturated rings. The molecule has 0 radical (unpaired) electrons. The normalized spacial score (nSPS) is 27.0. The molecule has 1 heterocycles. The van der Waals surface area contributed by atoms with Gasteiger partial charge in [0, 0.05) is 24.8 Å². The fraction of sp³-hybridized carbons (Fsp3) is 0.786. The van der Waals surface area contributed by atoms with Crippen molar-refractivity contribution in [3.63, 3.8) is 0 Å². The van der Waals surface area contributed by atoms with Gasteiger partial charge in [0.2, 0.25) is 0 Å². The van der Waals surface area contributed by atoms with Gasteiger partial charge in [-0.2, -0.15) is 5.10 Å². The molecular formula is C14H25N3. The molecule has 1 aromatic heterocycles. The van der Waals surface area contributed by atoms with Gasteiger partial charge >= 0.3 is 0 Å². The van der Waals surface area contributed by atoms with Crippen molar-refractivity contribution in [3.05, 3.63) is 18.0 Å². The molecule has 0 spiro atoms. The summed E-state index contributed by atoms with van der Waals surface area (Å²) in [5.41, 5.74) is 1.29.